The van der Waals surface area contributed by atoms with Gasteiger partial charge in [-0.25, -0.2) is 0 Å². The number of nitrogens with one attached hydrogen (secondary N) is 2. The van der Waals surface area contributed by atoms with E-state index >= 15 is 0 Å². The Kier molecular flexibility index (Phi) is 7.68. The average Bonchev–Trinajstić information content (AvgIpc) is 2.86. The lowest BCUT2D eigenvalue weighted by Crippen LogP contribution is -2.20. The van der Waals surface area contributed by atoms with Gasteiger partial charge in [0.1, 0.15) is 5.25 Å². The standard InChI is InChI=1S/C30H28N2O2S/c1-20-9-7-14-24(19-20)29(33)31-25-15-17-26(18-16-25)35-28(23-12-5-4-6-13-23)30(34)32-27-21(2)10-8-11-22(27)3/h4-19,28H,1-3H3,(H,31,33)(H,32,34). The molecule has 0 saturated carbocycles. The van der Waals surface area contributed by atoms with E-state index in [0.717, 1.165) is 32.8 Å². The number of hydrogen-bond donors (Lipinski definition) is 2. The number of thioether (sulfide) groups is 1. The van der Waals surface area contributed by atoms with Gasteiger partial charge in [0.2, 0.25) is 5.91 Å². The molecule has 0 bridgehead atoms. The van der Waals surface area contributed by atoms with E-state index in [1.165, 1.54) is 11.8 Å². The number of para-hydroxylation sites is 1. The smallest absolute Gasteiger partial charge is 0.255 e. The zero-order chi connectivity index (χ0) is 24.8. The van der Waals surface area contributed by atoms with Gasteiger partial charge < -0.3 is 10.6 Å². The zero-order valence-corrected chi connectivity index (χ0v) is 20.9. The molecule has 4 aromatic carbocycles. The van der Waals surface area contributed by atoms with Crippen molar-refractivity contribution in [3.63, 3.8) is 0 Å². The number of anilines is 2. The third kappa shape index (κ3) is 6.19. The summed E-state index contributed by atoms with van der Waals surface area (Å²) in [6, 6.07) is 30.8. The molecule has 0 fully saturated rings. The first-order valence-corrected chi connectivity index (χ1v) is 12.4. The Bertz CT molecular complexity index is 1310. The third-order valence-electron chi connectivity index (χ3n) is 5.72. The van der Waals surface area contributed by atoms with Gasteiger partial charge in [0.15, 0.2) is 0 Å². The quantitative estimate of drug-likeness (QED) is 0.272. The van der Waals surface area contributed by atoms with Crippen molar-refractivity contribution in [1.82, 2.24) is 0 Å². The number of amides is 2. The lowest BCUT2D eigenvalue weighted by Gasteiger charge is -2.19. The Labute approximate surface area is 210 Å². The molecule has 176 valence electrons. The van der Waals surface area contributed by atoms with Crippen molar-refractivity contribution in [1.29, 1.82) is 0 Å². The monoisotopic (exact) mass is 480 g/mol. The molecule has 4 nitrogen and oxygen atoms in total. The van der Waals surface area contributed by atoms with E-state index in [2.05, 4.69) is 10.6 Å². The lowest BCUT2D eigenvalue weighted by molar-refractivity contribution is -0.115. The van der Waals surface area contributed by atoms with Crippen LogP contribution in [0.15, 0.2) is 102 Å². The van der Waals surface area contributed by atoms with E-state index < -0.39 is 5.25 Å². The van der Waals surface area contributed by atoms with Gasteiger partial charge in [-0.05, 0) is 73.9 Å². The Balaban J connectivity index is 1.51. The maximum Gasteiger partial charge on any atom is 0.255 e. The fourth-order valence-electron chi connectivity index (χ4n) is 3.84. The molecule has 0 saturated heterocycles. The fourth-order valence-corrected chi connectivity index (χ4v) is 4.87. The second-order valence-electron chi connectivity index (χ2n) is 8.51. The first-order chi connectivity index (χ1) is 16.9. The summed E-state index contributed by atoms with van der Waals surface area (Å²) in [5.74, 6) is -0.223. The highest BCUT2D eigenvalue weighted by Crippen LogP contribution is 2.37. The normalized spacial score (nSPS) is 11.5. The van der Waals surface area contributed by atoms with Crippen molar-refractivity contribution in [3.05, 3.63) is 125 Å². The highest BCUT2D eigenvalue weighted by molar-refractivity contribution is 8.00. The number of benzene rings is 4. The molecule has 4 rings (SSSR count). The number of carbonyl (C=O) groups is 2. The first kappa shape index (κ1) is 24.3. The molecule has 0 aromatic heterocycles. The summed E-state index contributed by atoms with van der Waals surface area (Å²) in [5, 5.41) is 5.65. The summed E-state index contributed by atoms with van der Waals surface area (Å²) in [6.07, 6.45) is 0. The molecule has 2 N–H and O–H groups in total. The lowest BCUT2D eigenvalue weighted by atomic mass is 10.1. The molecule has 1 unspecified atom stereocenters. The van der Waals surface area contributed by atoms with E-state index in [0.29, 0.717) is 11.3 Å². The van der Waals surface area contributed by atoms with Crippen molar-refractivity contribution in [3.8, 4) is 0 Å². The first-order valence-electron chi connectivity index (χ1n) is 11.5. The minimum absolute atomic E-state index is 0.0737. The largest absolute Gasteiger partial charge is 0.324 e. The van der Waals surface area contributed by atoms with Crippen molar-refractivity contribution >= 4 is 35.0 Å². The average molecular weight is 481 g/mol. The minimum atomic E-state index is -0.428. The van der Waals surface area contributed by atoms with Gasteiger partial charge in [0.05, 0.1) is 0 Å². The van der Waals surface area contributed by atoms with Crippen molar-refractivity contribution in [2.75, 3.05) is 10.6 Å². The van der Waals surface area contributed by atoms with E-state index in [9.17, 15) is 9.59 Å². The van der Waals surface area contributed by atoms with Crippen LogP contribution in [0.1, 0.15) is 37.9 Å². The van der Waals surface area contributed by atoms with Crippen LogP contribution in [-0.4, -0.2) is 11.8 Å². The topological polar surface area (TPSA) is 58.2 Å². The number of rotatable bonds is 7. The summed E-state index contributed by atoms with van der Waals surface area (Å²) in [4.78, 5) is 26.9. The van der Waals surface area contributed by atoms with Gasteiger partial charge in [0, 0.05) is 21.8 Å². The molecule has 2 amide bonds. The number of carbonyl (C=O) groups excluding carboxylic acids is 2. The van der Waals surface area contributed by atoms with Crippen LogP contribution in [0.2, 0.25) is 0 Å². The summed E-state index contributed by atoms with van der Waals surface area (Å²) in [5.41, 5.74) is 6.21. The van der Waals surface area contributed by atoms with Crippen LogP contribution in [0.5, 0.6) is 0 Å². The van der Waals surface area contributed by atoms with Crippen molar-refractivity contribution in [2.24, 2.45) is 0 Å². The van der Waals surface area contributed by atoms with Crippen LogP contribution in [0.4, 0.5) is 11.4 Å². The predicted octanol–water partition coefficient (Wildman–Crippen LogP) is 7.34. The molecule has 5 heteroatoms. The van der Waals surface area contributed by atoms with Crippen LogP contribution in [-0.2, 0) is 4.79 Å². The molecule has 0 heterocycles. The maximum absolute atomic E-state index is 13.4. The molecule has 1 atom stereocenters. The fraction of sp³-hybridized carbons (Fsp3) is 0.133. The Morgan fingerprint density at radius 1 is 0.714 bits per heavy atom. The van der Waals surface area contributed by atoms with Gasteiger partial charge in [0.25, 0.3) is 5.91 Å². The van der Waals surface area contributed by atoms with Gasteiger partial charge in [-0.3, -0.25) is 9.59 Å². The summed E-state index contributed by atoms with van der Waals surface area (Å²) >= 11 is 1.48. The second kappa shape index (κ2) is 11.1. The van der Waals surface area contributed by atoms with Crippen LogP contribution in [0.25, 0.3) is 0 Å². The highest BCUT2D eigenvalue weighted by Gasteiger charge is 2.23. The van der Waals surface area contributed by atoms with Crippen LogP contribution >= 0.6 is 11.8 Å². The summed E-state index contributed by atoms with van der Waals surface area (Å²) in [6.45, 7) is 5.95. The summed E-state index contributed by atoms with van der Waals surface area (Å²) in [7, 11) is 0. The Hall–Kier alpha value is -3.83. The summed E-state index contributed by atoms with van der Waals surface area (Å²) < 4.78 is 0. The SMILES string of the molecule is Cc1cccc(C(=O)Nc2ccc(SC(C(=O)Nc3c(C)cccc3C)c3ccccc3)cc2)c1. The molecule has 0 aliphatic carbocycles. The van der Waals surface area contributed by atoms with Crippen molar-refractivity contribution < 1.29 is 9.59 Å². The predicted molar refractivity (Wildman–Crippen MR) is 145 cm³/mol. The second-order valence-corrected chi connectivity index (χ2v) is 9.69. The molecule has 0 aliphatic heterocycles. The molecule has 0 spiro atoms. The Morgan fingerprint density at radius 3 is 2.03 bits per heavy atom. The van der Waals surface area contributed by atoms with Crippen LogP contribution in [0.3, 0.4) is 0 Å². The highest BCUT2D eigenvalue weighted by atomic mass is 32.2. The van der Waals surface area contributed by atoms with Gasteiger partial charge in [-0.2, -0.15) is 0 Å². The van der Waals surface area contributed by atoms with Gasteiger partial charge >= 0.3 is 0 Å². The molecule has 4 aromatic rings. The number of hydrogen-bond acceptors (Lipinski definition) is 3. The third-order valence-corrected chi connectivity index (χ3v) is 6.98. The van der Waals surface area contributed by atoms with Crippen LogP contribution in [0, 0.1) is 20.8 Å². The van der Waals surface area contributed by atoms with Crippen LogP contribution < -0.4 is 10.6 Å². The molecular formula is C30H28N2O2S. The van der Waals surface area contributed by atoms with E-state index in [1.54, 1.807) is 6.07 Å². The van der Waals surface area contributed by atoms with E-state index in [1.807, 2.05) is 112 Å². The van der Waals surface area contributed by atoms with Crippen molar-refractivity contribution in [2.45, 2.75) is 30.9 Å². The van der Waals surface area contributed by atoms with Gasteiger partial charge in [-0.15, -0.1) is 11.8 Å². The van der Waals surface area contributed by atoms with E-state index in [4.69, 9.17) is 0 Å². The molecule has 0 radical (unpaired) electrons. The molecular weight excluding hydrogens is 452 g/mol. The maximum atomic E-state index is 13.4. The Morgan fingerprint density at radius 2 is 1.37 bits per heavy atom. The van der Waals surface area contributed by atoms with E-state index in [-0.39, 0.29) is 11.8 Å². The molecule has 0 aliphatic rings. The molecule has 35 heavy (non-hydrogen) atoms. The zero-order valence-electron chi connectivity index (χ0n) is 20.0. The number of aryl methyl sites for hydroxylation is 3. The minimum Gasteiger partial charge on any atom is -0.324 e. The van der Waals surface area contributed by atoms with Gasteiger partial charge in [-0.1, -0.05) is 66.2 Å².